The molecule has 0 aromatic heterocycles. The summed E-state index contributed by atoms with van der Waals surface area (Å²) in [7, 11) is -3.54. The molecule has 10 heteroatoms. The lowest BCUT2D eigenvalue weighted by molar-refractivity contribution is -0.141. The van der Waals surface area contributed by atoms with Crippen LogP contribution in [0, 0.1) is 6.92 Å². The van der Waals surface area contributed by atoms with Crippen molar-refractivity contribution >= 4 is 50.7 Å². The molecule has 3 rings (SSSR count). The molecule has 1 fully saturated rings. The molecule has 214 valence electrons. The topological polar surface area (TPSA) is 86.8 Å². The number of hydrogen-bond donors (Lipinski definition) is 1. The molecule has 2 aromatic rings. The van der Waals surface area contributed by atoms with E-state index < -0.39 is 16.1 Å². The van der Waals surface area contributed by atoms with Crippen molar-refractivity contribution in [3.05, 3.63) is 63.6 Å². The van der Waals surface area contributed by atoms with E-state index in [-0.39, 0.29) is 37.4 Å². The van der Waals surface area contributed by atoms with Crippen LogP contribution in [0.2, 0.25) is 10.0 Å². The van der Waals surface area contributed by atoms with Crippen molar-refractivity contribution < 1.29 is 18.0 Å². The second kappa shape index (κ2) is 14.4. The highest BCUT2D eigenvalue weighted by Gasteiger charge is 2.31. The van der Waals surface area contributed by atoms with Crippen molar-refractivity contribution in [1.82, 2.24) is 10.2 Å². The van der Waals surface area contributed by atoms with Gasteiger partial charge >= 0.3 is 0 Å². The van der Waals surface area contributed by atoms with Crippen LogP contribution in [0.15, 0.2) is 42.5 Å². The highest BCUT2D eigenvalue weighted by atomic mass is 35.5. The van der Waals surface area contributed by atoms with Crippen LogP contribution in [0.25, 0.3) is 0 Å². The predicted octanol–water partition coefficient (Wildman–Crippen LogP) is 6.10. The number of amides is 2. The van der Waals surface area contributed by atoms with Gasteiger partial charge in [-0.1, -0.05) is 73.2 Å². The Labute approximate surface area is 242 Å². The zero-order valence-corrected chi connectivity index (χ0v) is 25.3. The Bertz CT molecular complexity index is 1230. The number of halogens is 2. The highest BCUT2D eigenvalue weighted by Crippen LogP contribution is 2.25. The third-order valence-corrected chi connectivity index (χ3v) is 8.95. The molecule has 1 aliphatic rings. The molecule has 0 radical (unpaired) electrons. The van der Waals surface area contributed by atoms with Crippen LogP contribution in [0.4, 0.5) is 5.69 Å². The predicted molar refractivity (Wildman–Crippen MR) is 159 cm³/mol. The lowest BCUT2D eigenvalue weighted by Crippen LogP contribution is -2.51. The second-order valence-electron chi connectivity index (χ2n) is 10.3. The van der Waals surface area contributed by atoms with Gasteiger partial charge in [0.15, 0.2) is 0 Å². The Morgan fingerprint density at radius 1 is 1.05 bits per heavy atom. The highest BCUT2D eigenvalue weighted by molar-refractivity contribution is 7.92. The van der Waals surface area contributed by atoms with E-state index in [0.717, 1.165) is 37.5 Å². The number of sulfonamides is 1. The fourth-order valence-corrected chi connectivity index (χ4v) is 6.45. The summed E-state index contributed by atoms with van der Waals surface area (Å²) in [6.07, 6.45) is 7.21. The van der Waals surface area contributed by atoms with E-state index in [9.17, 15) is 18.0 Å². The third kappa shape index (κ3) is 9.12. The third-order valence-electron chi connectivity index (χ3n) is 7.17. The second-order valence-corrected chi connectivity index (χ2v) is 13.0. The van der Waals surface area contributed by atoms with Crippen molar-refractivity contribution in [3.63, 3.8) is 0 Å². The molecular weight excluding hydrogens is 557 g/mol. The maximum atomic E-state index is 13.6. The number of anilines is 1. The number of rotatable bonds is 12. The number of nitrogens with zero attached hydrogens (tertiary/aromatic N) is 2. The van der Waals surface area contributed by atoms with E-state index in [0.29, 0.717) is 34.1 Å². The molecule has 0 spiro atoms. The monoisotopic (exact) mass is 595 g/mol. The summed E-state index contributed by atoms with van der Waals surface area (Å²) in [6, 6.07) is 11.8. The zero-order chi connectivity index (χ0) is 28.6. The van der Waals surface area contributed by atoms with Gasteiger partial charge in [0.2, 0.25) is 21.8 Å². The van der Waals surface area contributed by atoms with Crippen molar-refractivity contribution in [2.24, 2.45) is 0 Å². The molecular formula is C29H39Cl2N3O4S. The number of carbonyl (C=O) groups excluding carboxylic acids is 2. The lowest BCUT2D eigenvalue weighted by atomic mass is 9.95. The van der Waals surface area contributed by atoms with Crippen LogP contribution < -0.4 is 9.62 Å². The summed E-state index contributed by atoms with van der Waals surface area (Å²) in [5.74, 6) is -0.399. The van der Waals surface area contributed by atoms with Gasteiger partial charge in [0, 0.05) is 35.6 Å². The number of hydrogen-bond acceptors (Lipinski definition) is 4. The number of carbonyl (C=O) groups is 2. The van der Waals surface area contributed by atoms with Gasteiger partial charge in [-0.25, -0.2) is 8.42 Å². The van der Waals surface area contributed by atoms with Gasteiger partial charge in [0.25, 0.3) is 0 Å². The van der Waals surface area contributed by atoms with Gasteiger partial charge < -0.3 is 10.2 Å². The molecule has 0 heterocycles. The summed E-state index contributed by atoms with van der Waals surface area (Å²) in [6.45, 7) is 4.12. The summed E-state index contributed by atoms with van der Waals surface area (Å²) < 4.78 is 26.3. The quantitative estimate of drug-likeness (QED) is 0.321. The Balaban J connectivity index is 1.78. The maximum Gasteiger partial charge on any atom is 0.243 e. The normalized spacial score (nSPS) is 15.0. The molecule has 0 bridgehead atoms. The van der Waals surface area contributed by atoms with Crippen molar-refractivity contribution in [2.45, 2.75) is 83.8 Å². The minimum atomic E-state index is -3.54. The Morgan fingerprint density at radius 3 is 2.31 bits per heavy atom. The average molecular weight is 597 g/mol. The minimum Gasteiger partial charge on any atom is -0.352 e. The standard InChI is InChI=1S/C29H39Cl2N3O4S/c1-4-27(29(36)32-24-9-6-5-7-10-24)33(20-22-14-15-23(30)19-26(22)31)28(35)11-8-18-34(39(3,37)38)25-16-12-21(2)13-17-25/h12-17,19,24,27H,4-11,18,20H2,1-3H3,(H,32,36)/t27-/m0/s1. The summed E-state index contributed by atoms with van der Waals surface area (Å²) in [5, 5.41) is 4.07. The zero-order valence-electron chi connectivity index (χ0n) is 23.0. The number of nitrogens with one attached hydrogen (secondary N) is 1. The van der Waals surface area contributed by atoms with E-state index in [1.54, 1.807) is 35.2 Å². The molecule has 0 saturated heterocycles. The van der Waals surface area contributed by atoms with Crippen molar-refractivity contribution in [1.29, 1.82) is 0 Å². The first-order chi connectivity index (χ1) is 18.5. The first-order valence-corrected chi connectivity index (χ1v) is 16.2. The van der Waals surface area contributed by atoms with Gasteiger partial charge in [-0.3, -0.25) is 13.9 Å². The van der Waals surface area contributed by atoms with Gasteiger partial charge in [0.1, 0.15) is 6.04 Å². The summed E-state index contributed by atoms with van der Waals surface area (Å²) in [5.41, 5.74) is 2.27. The first kappa shape index (κ1) is 31.2. The van der Waals surface area contributed by atoms with Gasteiger partial charge in [-0.05, 0) is 62.4 Å². The molecule has 2 aromatic carbocycles. The van der Waals surface area contributed by atoms with Crippen LogP contribution in [-0.2, 0) is 26.2 Å². The van der Waals surface area contributed by atoms with Gasteiger partial charge in [-0.2, -0.15) is 0 Å². The van der Waals surface area contributed by atoms with E-state index >= 15 is 0 Å². The molecule has 1 aliphatic carbocycles. The van der Waals surface area contributed by atoms with Gasteiger partial charge in [0.05, 0.1) is 11.9 Å². The largest absolute Gasteiger partial charge is 0.352 e. The molecule has 0 aliphatic heterocycles. The van der Waals surface area contributed by atoms with Crippen LogP contribution >= 0.6 is 23.2 Å². The average Bonchev–Trinajstić information content (AvgIpc) is 2.88. The lowest BCUT2D eigenvalue weighted by Gasteiger charge is -2.33. The van der Waals surface area contributed by atoms with Crippen molar-refractivity contribution in [3.8, 4) is 0 Å². The molecule has 1 N–H and O–H groups in total. The van der Waals surface area contributed by atoms with Crippen LogP contribution in [0.1, 0.15) is 69.4 Å². The number of benzene rings is 2. The SMILES string of the molecule is CC[C@@H](C(=O)NC1CCCCC1)N(Cc1ccc(Cl)cc1Cl)C(=O)CCCN(c1ccc(C)cc1)S(C)(=O)=O. The first-order valence-electron chi connectivity index (χ1n) is 13.6. The molecule has 2 amide bonds. The Hall–Kier alpha value is -2.29. The van der Waals surface area contributed by atoms with E-state index in [4.69, 9.17) is 23.2 Å². The summed E-state index contributed by atoms with van der Waals surface area (Å²) in [4.78, 5) is 28.6. The minimum absolute atomic E-state index is 0.0797. The maximum absolute atomic E-state index is 13.6. The van der Waals surface area contributed by atoms with E-state index in [1.807, 2.05) is 26.0 Å². The molecule has 1 atom stereocenters. The Kier molecular flexibility index (Phi) is 11.5. The molecule has 0 unspecified atom stereocenters. The summed E-state index contributed by atoms with van der Waals surface area (Å²) >= 11 is 12.5. The van der Waals surface area contributed by atoms with E-state index in [2.05, 4.69) is 5.32 Å². The van der Waals surface area contributed by atoms with Crippen LogP contribution in [0.3, 0.4) is 0 Å². The van der Waals surface area contributed by atoms with Crippen molar-refractivity contribution in [2.75, 3.05) is 17.1 Å². The van der Waals surface area contributed by atoms with Crippen LogP contribution in [0.5, 0.6) is 0 Å². The fourth-order valence-electron chi connectivity index (χ4n) is 5.01. The molecule has 7 nitrogen and oxygen atoms in total. The smallest absolute Gasteiger partial charge is 0.243 e. The molecule has 1 saturated carbocycles. The Morgan fingerprint density at radius 2 is 1.72 bits per heavy atom. The van der Waals surface area contributed by atoms with E-state index in [1.165, 1.54) is 10.7 Å². The van der Waals surface area contributed by atoms with Gasteiger partial charge in [-0.15, -0.1) is 0 Å². The molecule has 39 heavy (non-hydrogen) atoms. The van der Waals surface area contributed by atoms with Crippen LogP contribution in [-0.4, -0.2) is 50.0 Å². The number of aryl methyl sites for hydroxylation is 1. The fraction of sp³-hybridized carbons (Fsp3) is 0.517.